The molecule has 352 valence electrons. The molecule has 8 amide bonds. The Balaban J connectivity index is 2.33. The zero-order chi connectivity index (χ0) is 47.3. The Hall–Kier alpha value is -6.49. The number of aromatic nitrogens is 2. The van der Waals surface area contributed by atoms with Crippen molar-refractivity contribution in [3.63, 3.8) is 0 Å². The monoisotopic (exact) mass is 889 g/mol. The van der Waals surface area contributed by atoms with Crippen molar-refractivity contribution in [3.05, 3.63) is 18.2 Å². The van der Waals surface area contributed by atoms with Crippen molar-refractivity contribution < 1.29 is 38.4 Å². The average molecular weight is 889 g/mol. The van der Waals surface area contributed by atoms with Gasteiger partial charge in [0.1, 0.15) is 35.6 Å². The van der Waals surface area contributed by atoms with Crippen LogP contribution in [0.1, 0.15) is 97.6 Å². The molecule has 24 heteroatoms. The van der Waals surface area contributed by atoms with E-state index < -0.39 is 82.9 Å². The maximum absolute atomic E-state index is 14.4. The predicted molar refractivity (Wildman–Crippen MR) is 232 cm³/mol. The number of H-pyrrole nitrogens is 1. The van der Waals surface area contributed by atoms with Gasteiger partial charge in [-0.15, -0.1) is 0 Å². The van der Waals surface area contributed by atoms with Crippen LogP contribution < -0.4 is 60.2 Å². The number of nitrogens with zero attached hydrogens (tertiary/aromatic N) is 2. The van der Waals surface area contributed by atoms with Crippen LogP contribution in [-0.4, -0.2) is 130 Å². The third kappa shape index (κ3) is 18.6. The van der Waals surface area contributed by atoms with E-state index in [4.69, 9.17) is 33.8 Å². The number of amides is 8. The normalized spacial score (nSPS) is 15.5. The van der Waals surface area contributed by atoms with E-state index in [0.29, 0.717) is 25.7 Å². The minimum absolute atomic E-state index is 0.00399. The molecule has 0 spiro atoms. The molecule has 1 saturated heterocycles. The molecule has 0 aromatic carbocycles. The third-order valence-corrected chi connectivity index (χ3v) is 10.3. The molecule has 0 aliphatic carbocycles. The second kappa shape index (κ2) is 26.1. The lowest BCUT2D eigenvalue weighted by Crippen LogP contribution is -2.59. The highest BCUT2D eigenvalue weighted by atomic mass is 16.2. The van der Waals surface area contributed by atoms with Gasteiger partial charge in [-0.25, -0.2) is 4.98 Å². The number of nitrogens with one attached hydrogen (secondary N) is 10. The summed E-state index contributed by atoms with van der Waals surface area (Å²) in [5.74, 6) is -6.31. The van der Waals surface area contributed by atoms with Crippen LogP contribution in [0.25, 0.3) is 0 Å². The Morgan fingerprint density at radius 2 is 1.38 bits per heavy atom. The zero-order valence-electron chi connectivity index (χ0n) is 36.7. The molecule has 2 heterocycles. The van der Waals surface area contributed by atoms with Crippen LogP contribution in [-0.2, 0) is 44.8 Å². The highest BCUT2D eigenvalue weighted by Gasteiger charge is 2.41. The second-order valence-electron chi connectivity index (χ2n) is 16.5. The maximum atomic E-state index is 14.4. The van der Waals surface area contributed by atoms with Gasteiger partial charge in [-0.3, -0.25) is 49.2 Å². The number of rotatable bonds is 28. The second-order valence-corrected chi connectivity index (χ2v) is 16.5. The molecule has 1 aromatic rings. The van der Waals surface area contributed by atoms with E-state index in [1.807, 2.05) is 13.8 Å². The van der Waals surface area contributed by atoms with Crippen LogP contribution in [0.2, 0.25) is 0 Å². The van der Waals surface area contributed by atoms with Gasteiger partial charge in [-0.05, 0) is 77.6 Å². The van der Waals surface area contributed by atoms with Crippen molar-refractivity contribution in [2.45, 2.75) is 129 Å². The van der Waals surface area contributed by atoms with Crippen molar-refractivity contribution >= 4 is 59.2 Å². The molecule has 2 rings (SSSR count). The lowest BCUT2D eigenvalue weighted by atomic mass is 9.90. The number of hydrogen-bond acceptors (Lipinski definition) is 11. The maximum Gasteiger partial charge on any atom is 0.245 e. The number of primary amides is 2. The molecule has 24 nitrogen and oxygen atoms in total. The van der Waals surface area contributed by atoms with Gasteiger partial charge in [-0.2, -0.15) is 0 Å². The van der Waals surface area contributed by atoms with E-state index in [1.54, 1.807) is 6.20 Å². The van der Waals surface area contributed by atoms with E-state index in [1.165, 1.54) is 25.1 Å². The topological polar surface area (TPSA) is 404 Å². The molecule has 0 bridgehead atoms. The molecular formula is C39H68N16O8. The van der Waals surface area contributed by atoms with Gasteiger partial charge < -0.3 is 70.0 Å². The average Bonchev–Trinajstić information content (AvgIpc) is 3.92. The van der Waals surface area contributed by atoms with E-state index in [0.717, 1.165) is 5.69 Å². The van der Waals surface area contributed by atoms with Gasteiger partial charge >= 0.3 is 0 Å². The highest BCUT2D eigenvalue weighted by Crippen LogP contribution is 2.22. The van der Waals surface area contributed by atoms with Gasteiger partial charge in [0.15, 0.2) is 11.9 Å². The number of nitrogens with two attached hydrogens (primary N) is 4. The van der Waals surface area contributed by atoms with Crippen LogP contribution in [0.15, 0.2) is 12.5 Å². The first-order valence-electron chi connectivity index (χ1n) is 21.1. The van der Waals surface area contributed by atoms with Crippen LogP contribution in [0.3, 0.4) is 0 Å². The molecular weight excluding hydrogens is 821 g/mol. The summed E-state index contributed by atoms with van der Waals surface area (Å²) in [7, 11) is 0. The van der Waals surface area contributed by atoms with Crippen LogP contribution in [0.4, 0.5) is 0 Å². The highest BCUT2D eigenvalue weighted by molar-refractivity contribution is 6.05. The van der Waals surface area contributed by atoms with Gasteiger partial charge in [0.05, 0.1) is 6.33 Å². The molecule has 5 atom stereocenters. The predicted octanol–water partition coefficient (Wildman–Crippen LogP) is -3.26. The van der Waals surface area contributed by atoms with Gasteiger partial charge in [0.25, 0.3) is 0 Å². The molecule has 1 aromatic heterocycles. The fraction of sp³-hybridized carbons (Fsp3) is 0.667. The third-order valence-electron chi connectivity index (χ3n) is 10.3. The summed E-state index contributed by atoms with van der Waals surface area (Å²) in [6.45, 7) is 7.25. The number of unbranched alkanes of at least 4 members (excludes halogenated alkanes) is 1. The SMILES string of the molecule is CC(C)C[C@H](NC(=O)[C@@H](CCCNC(=N)N)NC(=O)[C@@H]1CCCN1C(=O)[C@H](CCCCNC(=N)N)NC(=O)[C@H](CCC(N)=O)NC(=O)C(C)(C)C(=O)NCCc1cnc[nH]1)C(N)=O. The number of aromatic amines is 1. The first kappa shape index (κ1) is 52.6. The van der Waals surface area contributed by atoms with Crippen molar-refractivity contribution in [2.24, 2.45) is 34.3 Å². The van der Waals surface area contributed by atoms with Crippen molar-refractivity contribution in [1.29, 1.82) is 10.8 Å². The summed E-state index contributed by atoms with van der Waals surface area (Å²) in [6.07, 6.45) is 4.95. The molecule has 1 aliphatic rings. The van der Waals surface area contributed by atoms with Gasteiger partial charge in [0, 0.05) is 50.9 Å². The van der Waals surface area contributed by atoms with Gasteiger partial charge in [-0.1, -0.05) is 13.8 Å². The standard InChI is InChI=1S/C39H68N16O8/c1-22(2)19-27(30(41)57)53-31(58)24(10-7-16-49-38(44)45)51-33(60)28-11-8-18-55(28)34(61)26(9-5-6-15-48-37(42)43)52-32(59)25(12-13-29(40)56)54-36(63)39(3,4)35(62)47-17-14-23-20-46-21-50-23/h20-22,24-28H,5-19H2,1-4H3,(H2,40,56)(H2,41,57)(H,46,50)(H,47,62)(H,51,60)(H,52,59)(H,53,58)(H,54,63)(H4,42,43,48)(H4,44,45,49)/t24-,25+,26+,27+,28+/m1/s1. The van der Waals surface area contributed by atoms with E-state index in [9.17, 15) is 38.4 Å². The molecule has 0 unspecified atom stereocenters. The summed E-state index contributed by atoms with van der Waals surface area (Å²) >= 11 is 0. The number of guanidine groups is 2. The minimum atomic E-state index is -1.68. The van der Waals surface area contributed by atoms with E-state index >= 15 is 0 Å². The minimum Gasteiger partial charge on any atom is -0.370 e. The molecule has 1 fully saturated rings. The fourth-order valence-corrected chi connectivity index (χ4v) is 6.74. The first-order chi connectivity index (χ1) is 29.6. The van der Waals surface area contributed by atoms with Crippen LogP contribution in [0, 0.1) is 22.2 Å². The van der Waals surface area contributed by atoms with Crippen LogP contribution >= 0.6 is 0 Å². The Bertz CT molecular complexity index is 1750. The summed E-state index contributed by atoms with van der Waals surface area (Å²) < 4.78 is 0. The Morgan fingerprint density at radius 3 is 1.95 bits per heavy atom. The van der Waals surface area contributed by atoms with Crippen molar-refractivity contribution in [3.8, 4) is 0 Å². The smallest absolute Gasteiger partial charge is 0.245 e. The summed E-state index contributed by atoms with van der Waals surface area (Å²) in [6, 6.07) is -5.91. The Labute approximate surface area is 367 Å². The quantitative estimate of drug-likeness (QED) is 0.0170. The number of carbonyl (C=O) groups is 8. The lowest BCUT2D eigenvalue weighted by molar-refractivity contribution is -0.144. The zero-order valence-corrected chi connectivity index (χ0v) is 36.7. The van der Waals surface area contributed by atoms with Crippen molar-refractivity contribution in [1.82, 2.24) is 52.1 Å². The number of imidazole rings is 1. The largest absolute Gasteiger partial charge is 0.370 e. The first-order valence-corrected chi connectivity index (χ1v) is 21.1. The number of hydrogen-bond donors (Lipinski definition) is 14. The molecule has 0 radical (unpaired) electrons. The Morgan fingerprint density at radius 1 is 0.778 bits per heavy atom. The molecule has 0 saturated carbocycles. The van der Waals surface area contributed by atoms with Gasteiger partial charge in [0.2, 0.25) is 47.3 Å². The Kier molecular flexibility index (Phi) is 21.8. The lowest BCUT2D eigenvalue weighted by Gasteiger charge is -2.31. The molecule has 1 aliphatic heterocycles. The summed E-state index contributed by atoms with van der Waals surface area (Å²) in [5, 5.41) is 33.4. The molecule has 18 N–H and O–H groups in total. The van der Waals surface area contributed by atoms with E-state index in [2.05, 4.69) is 47.2 Å². The number of carbonyl (C=O) groups excluding carboxylic acids is 8. The summed E-state index contributed by atoms with van der Waals surface area (Å²) in [4.78, 5) is 115. The van der Waals surface area contributed by atoms with Crippen molar-refractivity contribution in [2.75, 3.05) is 26.2 Å². The summed E-state index contributed by atoms with van der Waals surface area (Å²) in [5.41, 5.74) is 20.8. The fourth-order valence-electron chi connectivity index (χ4n) is 6.74. The number of likely N-dealkylation sites (tertiary alicyclic amines) is 1. The van der Waals surface area contributed by atoms with E-state index in [-0.39, 0.29) is 89.0 Å². The molecule has 63 heavy (non-hydrogen) atoms. The van der Waals surface area contributed by atoms with Crippen LogP contribution in [0.5, 0.6) is 0 Å².